The van der Waals surface area contributed by atoms with Gasteiger partial charge in [-0.3, -0.25) is 4.79 Å². The van der Waals surface area contributed by atoms with Crippen LogP contribution in [0.3, 0.4) is 0 Å². The lowest BCUT2D eigenvalue weighted by Crippen LogP contribution is -2.33. The van der Waals surface area contributed by atoms with Crippen LogP contribution in [0, 0.1) is 12.3 Å². The first kappa shape index (κ1) is 13.3. The van der Waals surface area contributed by atoms with Gasteiger partial charge in [-0.1, -0.05) is 0 Å². The van der Waals surface area contributed by atoms with Crippen LogP contribution in [0.25, 0.3) is 0 Å². The van der Waals surface area contributed by atoms with Gasteiger partial charge in [0.05, 0.1) is 0 Å². The van der Waals surface area contributed by atoms with Crippen molar-refractivity contribution in [3.05, 3.63) is 0 Å². The van der Waals surface area contributed by atoms with Crippen molar-refractivity contribution in [2.24, 2.45) is 0 Å². The average molecular weight is 254 g/mol. The summed E-state index contributed by atoms with van der Waals surface area (Å²) in [6.07, 6.45) is 4.99. The second-order valence-electron chi connectivity index (χ2n) is 5.01. The molecule has 0 bridgehead atoms. The van der Waals surface area contributed by atoms with E-state index in [9.17, 15) is 4.79 Å². The monoisotopic (exact) mass is 254 g/mol. The van der Waals surface area contributed by atoms with Gasteiger partial charge in [-0.05, 0) is 13.8 Å². The first-order chi connectivity index (χ1) is 8.41. The van der Waals surface area contributed by atoms with Crippen molar-refractivity contribution in [2.45, 2.75) is 64.0 Å². The molecule has 2 aliphatic rings. The van der Waals surface area contributed by atoms with Gasteiger partial charge in [0, 0.05) is 19.8 Å². The first-order valence-corrected chi connectivity index (χ1v) is 6.03. The highest BCUT2D eigenvalue weighted by Gasteiger charge is 2.50. The van der Waals surface area contributed by atoms with E-state index in [1.54, 1.807) is 0 Å². The van der Waals surface area contributed by atoms with E-state index in [0.717, 1.165) is 0 Å². The molecule has 2 rings (SSSR count). The summed E-state index contributed by atoms with van der Waals surface area (Å²) in [6, 6.07) is 0. The molecule has 2 heterocycles. The number of rotatable bonds is 3. The number of hydrogen-bond donors (Lipinski definition) is 0. The number of ether oxygens (including phenoxy) is 4. The van der Waals surface area contributed by atoms with Gasteiger partial charge in [0.2, 0.25) is 0 Å². The molecule has 5 nitrogen and oxygen atoms in total. The minimum atomic E-state index is -0.622. The van der Waals surface area contributed by atoms with Gasteiger partial charge < -0.3 is 18.9 Å². The van der Waals surface area contributed by atoms with Crippen molar-refractivity contribution in [2.75, 3.05) is 0 Å². The number of terminal acetylenes is 1. The van der Waals surface area contributed by atoms with Crippen molar-refractivity contribution >= 4 is 5.97 Å². The summed E-state index contributed by atoms with van der Waals surface area (Å²) in [5, 5.41) is 0. The summed E-state index contributed by atoms with van der Waals surface area (Å²) in [7, 11) is 0. The Morgan fingerprint density at radius 1 is 1.56 bits per heavy atom. The van der Waals surface area contributed by atoms with E-state index in [1.807, 2.05) is 13.8 Å². The zero-order chi connectivity index (χ0) is 13.3. The van der Waals surface area contributed by atoms with E-state index in [4.69, 9.17) is 25.4 Å². The molecule has 2 aliphatic heterocycles. The highest BCUT2D eigenvalue weighted by molar-refractivity contribution is 5.66. The Morgan fingerprint density at radius 2 is 2.28 bits per heavy atom. The van der Waals surface area contributed by atoms with Gasteiger partial charge in [0.1, 0.15) is 18.3 Å². The fourth-order valence-electron chi connectivity index (χ4n) is 2.35. The van der Waals surface area contributed by atoms with Crippen molar-refractivity contribution < 1.29 is 23.7 Å². The van der Waals surface area contributed by atoms with E-state index < -0.39 is 18.2 Å². The Hall–Kier alpha value is -1.09. The maximum Gasteiger partial charge on any atom is 0.303 e. The highest BCUT2D eigenvalue weighted by atomic mass is 16.8. The van der Waals surface area contributed by atoms with Crippen LogP contribution >= 0.6 is 0 Å². The quantitative estimate of drug-likeness (QED) is 0.559. The Balaban J connectivity index is 1.96. The minimum absolute atomic E-state index is 0.124. The molecule has 2 fully saturated rings. The normalized spacial score (nSPS) is 34.7. The number of fused-ring (bicyclic) bond motifs is 1. The molecule has 100 valence electrons. The van der Waals surface area contributed by atoms with Crippen molar-refractivity contribution in [1.29, 1.82) is 0 Å². The molecule has 5 heteroatoms. The molecule has 2 saturated heterocycles. The first-order valence-electron chi connectivity index (χ1n) is 6.03. The Bertz CT molecular complexity index is 354. The third-order valence-electron chi connectivity index (χ3n) is 2.96. The number of carbonyl (C=O) groups excluding carboxylic acids is 1. The summed E-state index contributed by atoms with van der Waals surface area (Å²) in [6.45, 7) is 5.04. The van der Waals surface area contributed by atoms with Crippen LogP contribution in [0.4, 0.5) is 0 Å². The van der Waals surface area contributed by atoms with Crippen LogP contribution in [0.2, 0.25) is 0 Å². The molecule has 0 spiro atoms. The predicted octanol–water partition coefficient (Wildman–Crippen LogP) is 1.21. The molecule has 0 aliphatic carbocycles. The summed E-state index contributed by atoms with van der Waals surface area (Å²) < 4.78 is 22.2. The van der Waals surface area contributed by atoms with Gasteiger partial charge >= 0.3 is 5.97 Å². The Labute approximate surface area is 107 Å². The molecule has 0 radical (unpaired) electrons. The summed E-state index contributed by atoms with van der Waals surface area (Å²) in [5.41, 5.74) is 0. The predicted molar refractivity (Wildman–Crippen MR) is 62.3 cm³/mol. The van der Waals surface area contributed by atoms with Crippen LogP contribution in [-0.2, 0) is 23.7 Å². The fourth-order valence-corrected chi connectivity index (χ4v) is 2.35. The highest BCUT2D eigenvalue weighted by Crippen LogP contribution is 2.38. The zero-order valence-corrected chi connectivity index (χ0v) is 10.8. The number of carbonyl (C=O) groups is 1. The second kappa shape index (κ2) is 4.88. The molecule has 0 N–H and O–H groups in total. The topological polar surface area (TPSA) is 54.0 Å². The van der Waals surface area contributed by atoms with E-state index in [1.165, 1.54) is 6.92 Å². The second-order valence-corrected chi connectivity index (χ2v) is 5.01. The van der Waals surface area contributed by atoms with Gasteiger partial charge in [0.25, 0.3) is 0 Å². The van der Waals surface area contributed by atoms with E-state index >= 15 is 0 Å². The van der Waals surface area contributed by atoms with Crippen LogP contribution in [0.5, 0.6) is 0 Å². The largest absolute Gasteiger partial charge is 0.459 e. The van der Waals surface area contributed by atoms with Crippen molar-refractivity contribution in [3.8, 4) is 12.3 Å². The van der Waals surface area contributed by atoms with Gasteiger partial charge in [-0.2, -0.15) is 0 Å². The third-order valence-corrected chi connectivity index (χ3v) is 2.96. The lowest BCUT2D eigenvalue weighted by atomic mass is 10.1. The molecule has 0 aromatic carbocycles. The molecular weight excluding hydrogens is 236 g/mol. The lowest BCUT2D eigenvalue weighted by Gasteiger charge is -2.24. The van der Waals surface area contributed by atoms with Crippen LogP contribution in [0.1, 0.15) is 33.6 Å². The SMILES string of the molecule is C#CC[C@H](OC(C)=O)[C@@H]1C[C@H]2OC(C)(C)O[C@H]2O1. The van der Waals surface area contributed by atoms with Crippen molar-refractivity contribution in [1.82, 2.24) is 0 Å². The summed E-state index contributed by atoms with van der Waals surface area (Å²) in [4.78, 5) is 11.0. The standard InChI is InChI=1S/C13H18O5/c1-5-6-9(15-8(2)14)10-7-11-12(16-10)18-13(3,4)17-11/h1,9-12H,6-7H2,2-4H3/t9-,10-,11+,12+/m0/s1. The van der Waals surface area contributed by atoms with E-state index in [2.05, 4.69) is 5.92 Å². The lowest BCUT2D eigenvalue weighted by molar-refractivity contribution is -0.216. The molecule has 0 aromatic rings. The number of hydrogen-bond acceptors (Lipinski definition) is 5. The van der Waals surface area contributed by atoms with Crippen LogP contribution in [0.15, 0.2) is 0 Å². The molecular formula is C13H18O5. The van der Waals surface area contributed by atoms with Gasteiger partial charge in [-0.25, -0.2) is 0 Å². The molecule has 0 aromatic heterocycles. The van der Waals surface area contributed by atoms with Crippen LogP contribution < -0.4 is 0 Å². The van der Waals surface area contributed by atoms with E-state index in [-0.39, 0.29) is 18.2 Å². The molecule has 18 heavy (non-hydrogen) atoms. The molecule has 0 amide bonds. The Kier molecular flexibility index (Phi) is 3.62. The van der Waals surface area contributed by atoms with E-state index in [0.29, 0.717) is 12.8 Å². The van der Waals surface area contributed by atoms with Gasteiger partial charge in [0.15, 0.2) is 12.1 Å². The fraction of sp³-hybridized carbons (Fsp3) is 0.769. The van der Waals surface area contributed by atoms with Crippen molar-refractivity contribution in [3.63, 3.8) is 0 Å². The smallest absolute Gasteiger partial charge is 0.303 e. The van der Waals surface area contributed by atoms with Gasteiger partial charge in [-0.15, -0.1) is 12.3 Å². The van der Waals surface area contributed by atoms with Crippen LogP contribution in [-0.4, -0.2) is 36.4 Å². The average Bonchev–Trinajstić information content (AvgIpc) is 2.69. The third kappa shape index (κ3) is 2.83. The molecule has 0 saturated carbocycles. The maximum atomic E-state index is 11.0. The Morgan fingerprint density at radius 3 is 2.83 bits per heavy atom. The molecule has 0 unspecified atom stereocenters. The zero-order valence-electron chi connectivity index (χ0n) is 10.8. The number of esters is 1. The maximum absolute atomic E-state index is 11.0. The summed E-state index contributed by atoms with van der Waals surface area (Å²) >= 11 is 0. The summed E-state index contributed by atoms with van der Waals surface area (Å²) in [5.74, 6) is 1.51. The molecule has 4 atom stereocenters. The minimum Gasteiger partial charge on any atom is -0.459 e.